The Balaban J connectivity index is 1.69. The maximum atomic E-state index is 13.2. The first kappa shape index (κ1) is 16.4. The van der Waals surface area contributed by atoms with Gasteiger partial charge in [0.1, 0.15) is 5.82 Å². The predicted octanol–water partition coefficient (Wildman–Crippen LogP) is 3.09. The van der Waals surface area contributed by atoms with Gasteiger partial charge in [0.05, 0.1) is 5.92 Å². The number of nitrogens with one attached hydrogen (secondary N) is 1. The van der Waals surface area contributed by atoms with Gasteiger partial charge in [-0.2, -0.15) is 0 Å². The van der Waals surface area contributed by atoms with Crippen LogP contribution in [0.3, 0.4) is 0 Å². The van der Waals surface area contributed by atoms with Crippen LogP contribution in [0.25, 0.3) is 0 Å². The molecule has 2 aromatic rings. The molecule has 2 heterocycles. The standard InChI is InChI=1S/C18H21FN4O/c1-12-9-13(2)21-18(20-12)23-8-4-5-14(11-23)17(24)22-16-7-3-6-15(19)10-16/h3,6-7,9-10,14H,4-5,8,11H2,1-2H3,(H,22,24). The third-order valence-electron chi connectivity index (χ3n) is 4.14. The minimum absolute atomic E-state index is 0.0883. The molecule has 6 heteroatoms. The normalized spacial score (nSPS) is 17.6. The van der Waals surface area contributed by atoms with E-state index >= 15 is 0 Å². The molecule has 1 aromatic carbocycles. The second-order valence-electron chi connectivity index (χ2n) is 6.24. The van der Waals surface area contributed by atoms with E-state index in [0.29, 0.717) is 18.2 Å². The number of anilines is 2. The van der Waals surface area contributed by atoms with Crippen LogP contribution in [0.1, 0.15) is 24.2 Å². The largest absolute Gasteiger partial charge is 0.340 e. The Morgan fingerprint density at radius 1 is 1.25 bits per heavy atom. The van der Waals surface area contributed by atoms with Crippen molar-refractivity contribution in [3.63, 3.8) is 0 Å². The minimum Gasteiger partial charge on any atom is -0.340 e. The lowest BCUT2D eigenvalue weighted by Gasteiger charge is -2.32. The lowest BCUT2D eigenvalue weighted by Crippen LogP contribution is -2.41. The van der Waals surface area contributed by atoms with Crippen molar-refractivity contribution in [2.75, 3.05) is 23.3 Å². The summed E-state index contributed by atoms with van der Waals surface area (Å²) in [7, 11) is 0. The molecule has 1 unspecified atom stereocenters. The van der Waals surface area contributed by atoms with Crippen molar-refractivity contribution in [1.82, 2.24) is 9.97 Å². The van der Waals surface area contributed by atoms with Gasteiger partial charge in [-0.05, 0) is 51.0 Å². The third kappa shape index (κ3) is 3.88. The first-order chi connectivity index (χ1) is 11.5. The summed E-state index contributed by atoms with van der Waals surface area (Å²) in [5.41, 5.74) is 2.33. The number of aryl methyl sites for hydroxylation is 2. The summed E-state index contributed by atoms with van der Waals surface area (Å²) in [6.45, 7) is 5.29. The molecule has 0 bridgehead atoms. The topological polar surface area (TPSA) is 58.1 Å². The summed E-state index contributed by atoms with van der Waals surface area (Å²) in [5, 5.41) is 2.80. The fraction of sp³-hybridized carbons (Fsp3) is 0.389. The van der Waals surface area contributed by atoms with Crippen LogP contribution in [0.5, 0.6) is 0 Å². The number of benzene rings is 1. The highest BCUT2D eigenvalue weighted by Crippen LogP contribution is 2.22. The Morgan fingerprint density at radius 3 is 2.71 bits per heavy atom. The van der Waals surface area contributed by atoms with E-state index in [4.69, 9.17) is 0 Å². The van der Waals surface area contributed by atoms with E-state index < -0.39 is 0 Å². The minimum atomic E-state index is -0.360. The molecule has 1 aromatic heterocycles. The summed E-state index contributed by atoms with van der Waals surface area (Å²) in [6, 6.07) is 7.89. The van der Waals surface area contributed by atoms with Gasteiger partial charge in [-0.1, -0.05) is 6.07 Å². The maximum absolute atomic E-state index is 13.2. The van der Waals surface area contributed by atoms with Crippen molar-refractivity contribution in [2.45, 2.75) is 26.7 Å². The molecule has 3 rings (SSSR count). The van der Waals surface area contributed by atoms with Gasteiger partial charge in [0, 0.05) is 30.2 Å². The summed E-state index contributed by atoms with van der Waals surface area (Å²) < 4.78 is 13.2. The summed E-state index contributed by atoms with van der Waals surface area (Å²) in [6.07, 6.45) is 1.71. The third-order valence-corrected chi connectivity index (χ3v) is 4.14. The average molecular weight is 328 g/mol. The fourth-order valence-corrected chi connectivity index (χ4v) is 3.03. The summed E-state index contributed by atoms with van der Waals surface area (Å²) in [5.74, 6) is 0.0681. The molecule has 126 valence electrons. The van der Waals surface area contributed by atoms with Crippen LogP contribution in [0, 0.1) is 25.6 Å². The van der Waals surface area contributed by atoms with Crippen LogP contribution in [0.15, 0.2) is 30.3 Å². The molecule has 1 aliphatic rings. The van der Waals surface area contributed by atoms with Gasteiger partial charge >= 0.3 is 0 Å². The zero-order valence-electron chi connectivity index (χ0n) is 13.9. The summed E-state index contributed by atoms with van der Waals surface area (Å²) in [4.78, 5) is 23.5. The number of carbonyl (C=O) groups is 1. The zero-order chi connectivity index (χ0) is 17.1. The van der Waals surface area contributed by atoms with E-state index in [2.05, 4.69) is 20.2 Å². The molecule has 0 saturated carbocycles. The van der Waals surface area contributed by atoms with Crippen molar-refractivity contribution in [2.24, 2.45) is 5.92 Å². The van der Waals surface area contributed by atoms with Gasteiger partial charge in [0.25, 0.3) is 0 Å². The quantitative estimate of drug-likeness (QED) is 0.941. The Bertz CT molecular complexity index is 729. The first-order valence-corrected chi connectivity index (χ1v) is 8.15. The van der Waals surface area contributed by atoms with Gasteiger partial charge in [-0.25, -0.2) is 14.4 Å². The molecule has 0 aliphatic carbocycles. The number of halogens is 1. The Hall–Kier alpha value is -2.50. The van der Waals surface area contributed by atoms with Crippen LogP contribution < -0.4 is 10.2 Å². The smallest absolute Gasteiger partial charge is 0.229 e. The SMILES string of the molecule is Cc1cc(C)nc(N2CCCC(C(=O)Nc3cccc(F)c3)C2)n1. The average Bonchev–Trinajstić information content (AvgIpc) is 2.54. The van der Waals surface area contributed by atoms with Crippen molar-refractivity contribution >= 4 is 17.5 Å². The molecule has 0 radical (unpaired) electrons. The molecule has 1 saturated heterocycles. The van der Waals surface area contributed by atoms with Gasteiger partial charge in [0.15, 0.2) is 0 Å². The molecule has 1 atom stereocenters. The second kappa shape index (κ2) is 6.95. The van der Waals surface area contributed by atoms with E-state index in [0.717, 1.165) is 30.8 Å². The molecule has 5 nitrogen and oxygen atoms in total. The van der Waals surface area contributed by atoms with Crippen LogP contribution in [-0.4, -0.2) is 29.0 Å². The van der Waals surface area contributed by atoms with Crippen LogP contribution >= 0.6 is 0 Å². The van der Waals surface area contributed by atoms with E-state index in [1.165, 1.54) is 12.1 Å². The molecule has 1 aliphatic heterocycles. The highest BCUT2D eigenvalue weighted by Gasteiger charge is 2.27. The Kier molecular flexibility index (Phi) is 4.74. The molecular formula is C18H21FN4O. The number of aromatic nitrogens is 2. The molecular weight excluding hydrogens is 307 g/mol. The number of hydrogen-bond acceptors (Lipinski definition) is 4. The van der Waals surface area contributed by atoms with Gasteiger partial charge in [-0.3, -0.25) is 4.79 Å². The second-order valence-corrected chi connectivity index (χ2v) is 6.24. The van der Waals surface area contributed by atoms with Crippen molar-refractivity contribution in [1.29, 1.82) is 0 Å². The number of carbonyl (C=O) groups excluding carboxylic acids is 1. The van der Waals surface area contributed by atoms with Gasteiger partial charge in [0.2, 0.25) is 11.9 Å². The number of hydrogen-bond donors (Lipinski definition) is 1. The number of nitrogens with zero attached hydrogens (tertiary/aromatic N) is 3. The number of amides is 1. The van der Waals surface area contributed by atoms with E-state index in [1.54, 1.807) is 12.1 Å². The monoisotopic (exact) mass is 328 g/mol. The molecule has 1 amide bonds. The van der Waals surface area contributed by atoms with E-state index in [-0.39, 0.29) is 17.6 Å². The summed E-state index contributed by atoms with van der Waals surface area (Å²) >= 11 is 0. The van der Waals surface area contributed by atoms with Crippen molar-refractivity contribution in [3.8, 4) is 0 Å². The Morgan fingerprint density at radius 2 is 2.00 bits per heavy atom. The van der Waals surface area contributed by atoms with Gasteiger partial charge in [-0.15, -0.1) is 0 Å². The first-order valence-electron chi connectivity index (χ1n) is 8.15. The number of rotatable bonds is 3. The Labute approximate surface area is 140 Å². The lowest BCUT2D eigenvalue weighted by molar-refractivity contribution is -0.120. The van der Waals surface area contributed by atoms with E-state index in [9.17, 15) is 9.18 Å². The lowest BCUT2D eigenvalue weighted by atomic mass is 9.97. The molecule has 1 N–H and O–H groups in total. The van der Waals surface area contributed by atoms with Crippen molar-refractivity contribution < 1.29 is 9.18 Å². The van der Waals surface area contributed by atoms with Gasteiger partial charge < -0.3 is 10.2 Å². The molecule has 0 spiro atoms. The van der Waals surface area contributed by atoms with Crippen LogP contribution in [0.4, 0.5) is 16.0 Å². The zero-order valence-corrected chi connectivity index (χ0v) is 13.9. The number of piperidine rings is 1. The maximum Gasteiger partial charge on any atom is 0.229 e. The molecule has 1 fully saturated rings. The fourth-order valence-electron chi connectivity index (χ4n) is 3.03. The highest BCUT2D eigenvalue weighted by atomic mass is 19.1. The highest BCUT2D eigenvalue weighted by molar-refractivity contribution is 5.93. The van der Waals surface area contributed by atoms with Crippen molar-refractivity contribution in [3.05, 3.63) is 47.5 Å². The predicted molar refractivity (Wildman–Crippen MR) is 91.5 cm³/mol. The van der Waals surface area contributed by atoms with Crippen LogP contribution in [-0.2, 0) is 4.79 Å². The van der Waals surface area contributed by atoms with E-state index in [1.807, 2.05) is 19.9 Å². The molecule has 24 heavy (non-hydrogen) atoms. The van der Waals surface area contributed by atoms with Crippen LogP contribution in [0.2, 0.25) is 0 Å².